The van der Waals surface area contributed by atoms with E-state index in [4.69, 9.17) is 4.74 Å². The molecule has 0 atom stereocenters. The van der Waals surface area contributed by atoms with Crippen LogP contribution in [0.4, 0.5) is 0 Å². The molecule has 1 aliphatic carbocycles. The molecule has 0 unspecified atom stereocenters. The van der Waals surface area contributed by atoms with Crippen LogP contribution in [0.1, 0.15) is 59.7 Å². The number of benzene rings is 2. The van der Waals surface area contributed by atoms with Crippen molar-refractivity contribution in [2.24, 2.45) is 0 Å². The third kappa shape index (κ3) is 5.00. The predicted octanol–water partition coefficient (Wildman–Crippen LogP) is 4.09. The fourth-order valence-electron chi connectivity index (χ4n) is 3.20. The first-order chi connectivity index (χ1) is 13.3. The first kappa shape index (κ1) is 20.6. The van der Waals surface area contributed by atoms with Crippen molar-refractivity contribution in [1.29, 1.82) is 0 Å². The quantitative estimate of drug-likeness (QED) is 0.625. The van der Waals surface area contributed by atoms with Crippen molar-refractivity contribution in [2.75, 3.05) is 7.11 Å². The third-order valence-corrected chi connectivity index (χ3v) is 6.83. The van der Waals surface area contributed by atoms with E-state index in [0.29, 0.717) is 23.6 Å². The number of hydrogen-bond acceptors (Lipinski definition) is 4. The minimum absolute atomic E-state index is 0.0681. The minimum Gasteiger partial charge on any atom is -0.465 e. The zero-order valence-electron chi connectivity index (χ0n) is 16.6. The molecule has 0 bridgehead atoms. The van der Waals surface area contributed by atoms with Gasteiger partial charge in [-0.15, -0.1) is 0 Å². The van der Waals surface area contributed by atoms with E-state index in [2.05, 4.69) is 26.0 Å². The molecule has 2 aromatic carbocycles. The van der Waals surface area contributed by atoms with Gasteiger partial charge in [-0.2, -0.15) is 4.31 Å². The molecule has 0 aromatic heterocycles. The van der Waals surface area contributed by atoms with E-state index in [1.165, 1.54) is 12.7 Å². The number of esters is 1. The van der Waals surface area contributed by atoms with Gasteiger partial charge in [0.05, 0.1) is 18.4 Å². The second-order valence-corrected chi connectivity index (χ2v) is 9.54. The van der Waals surface area contributed by atoms with Crippen molar-refractivity contribution in [2.45, 2.75) is 50.9 Å². The number of carbonyl (C=O) groups is 1. The number of ether oxygens (including phenoxy) is 1. The van der Waals surface area contributed by atoms with Crippen LogP contribution in [0.5, 0.6) is 0 Å². The zero-order valence-corrected chi connectivity index (χ0v) is 17.4. The molecule has 0 aliphatic heterocycles. The van der Waals surface area contributed by atoms with Gasteiger partial charge < -0.3 is 4.74 Å². The average molecular weight is 402 g/mol. The maximum atomic E-state index is 13.1. The maximum Gasteiger partial charge on any atom is 0.337 e. The molecular weight excluding hydrogens is 374 g/mol. The highest BCUT2D eigenvalue weighted by molar-refractivity contribution is 7.88. The van der Waals surface area contributed by atoms with Crippen LogP contribution in [-0.2, 0) is 27.1 Å². The van der Waals surface area contributed by atoms with Crippen LogP contribution in [0.25, 0.3) is 0 Å². The van der Waals surface area contributed by atoms with Gasteiger partial charge in [0.1, 0.15) is 0 Å². The molecule has 0 heterocycles. The van der Waals surface area contributed by atoms with E-state index in [0.717, 1.165) is 18.4 Å². The van der Waals surface area contributed by atoms with E-state index in [1.54, 1.807) is 28.6 Å². The summed E-state index contributed by atoms with van der Waals surface area (Å²) in [6.07, 6.45) is 1.79. The fourth-order valence-corrected chi connectivity index (χ4v) is 4.98. The smallest absolute Gasteiger partial charge is 0.337 e. The Morgan fingerprint density at radius 3 is 2.36 bits per heavy atom. The molecule has 2 aromatic rings. The van der Waals surface area contributed by atoms with E-state index in [1.807, 2.05) is 12.1 Å². The van der Waals surface area contributed by atoms with Crippen molar-refractivity contribution in [3.8, 4) is 0 Å². The molecule has 0 saturated heterocycles. The molecule has 0 N–H and O–H groups in total. The number of nitrogens with zero attached hydrogens (tertiary/aromatic N) is 1. The van der Waals surface area contributed by atoms with Crippen molar-refractivity contribution >= 4 is 16.0 Å². The van der Waals surface area contributed by atoms with Crippen LogP contribution in [0, 0.1) is 0 Å². The Kier molecular flexibility index (Phi) is 6.20. The Bertz CT molecular complexity index is 931. The lowest BCUT2D eigenvalue weighted by Gasteiger charge is -2.22. The Labute approximate surface area is 167 Å². The van der Waals surface area contributed by atoms with Gasteiger partial charge in [0, 0.05) is 12.6 Å². The summed E-state index contributed by atoms with van der Waals surface area (Å²) in [7, 11) is -2.19. The standard InChI is InChI=1S/C22H27NO4S/c1-16(2)19-9-7-17(8-10-19)14-23(21-11-12-21)28(25,26)15-18-5-4-6-20(13-18)22(24)27-3/h4-10,13,16,21H,11-12,14-15H2,1-3H3. The fraction of sp³-hybridized carbons (Fsp3) is 0.409. The highest BCUT2D eigenvalue weighted by Gasteiger charge is 2.37. The molecule has 1 fully saturated rings. The summed E-state index contributed by atoms with van der Waals surface area (Å²) in [6.45, 7) is 4.65. The summed E-state index contributed by atoms with van der Waals surface area (Å²) in [5, 5.41) is 0. The molecule has 1 aliphatic rings. The number of sulfonamides is 1. The Hall–Kier alpha value is -2.18. The van der Waals surface area contributed by atoms with Gasteiger partial charge in [-0.25, -0.2) is 13.2 Å². The van der Waals surface area contributed by atoms with E-state index in [-0.39, 0.29) is 11.8 Å². The molecule has 5 nitrogen and oxygen atoms in total. The maximum absolute atomic E-state index is 13.1. The van der Waals surface area contributed by atoms with Crippen LogP contribution in [0.2, 0.25) is 0 Å². The van der Waals surface area contributed by atoms with Gasteiger partial charge in [0.2, 0.25) is 10.0 Å². The van der Waals surface area contributed by atoms with Gasteiger partial charge in [-0.1, -0.05) is 50.2 Å². The highest BCUT2D eigenvalue weighted by Crippen LogP contribution is 2.32. The molecule has 0 amide bonds. The number of hydrogen-bond donors (Lipinski definition) is 0. The Morgan fingerprint density at radius 1 is 1.11 bits per heavy atom. The lowest BCUT2D eigenvalue weighted by atomic mass is 10.0. The van der Waals surface area contributed by atoms with E-state index < -0.39 is 16.0 Å². The molecular formula is C22H27NO4S. The largest absolute Gasteiger partial charge is 0.465 e. The number of carbonyl (C=O) groups excluding carboxylic acids is 1. The van der Waals surface area contributed by atoms with Gasteiger partial charge in [-0.3, -0.25) is 0 Å². The molecule has 0 radical (unpaired) electrons. The van der Waals surface area contributed by atoms with Gasteiger partial charge in [-0.05, 0) is 47.6 Å². The van der Waals surface area contributed by atoms with E-state index in [9.17, 15) is 13.2 Å². The topological polar surface area (TPSA) is 63.7 Å². The normalized spacial score (nSPS) is 14.5. The van der Waals surface area contributed by atoms with Crippen molar-refractivity contribution in [3.05, 3.63) is 70.8 Å². The number of rotatable bonds is 8. The summed E-state index contributed by atoms with van der Waals surface area (Å²) in [6, 6.07) is 14.8. The molecule has 0 spiro atoms. The Balaban J connectivity index is 1.78. The summed E-state index contributed by atoms with van der Waals surface area (Å²) in [4.78, 5) is 11.7. The van der Waals surface area contributed by atoms with Crippen molar-refractivity contribution in [3.63, 3.8) is 0 Å². The molecule has 150 valence electrons. The first-order valence-corrected chi connectivity index (χ1v) is 11.2. The van der Waals surface area contributed by atoms with Crippen LogP contribution in [0.3, 0.4) is 0 Å². The first-order valence-electron chi connectivity index (χ1n) is 9.56. The second kappa shape index (κ2) is 8.45. The number of methoxy groups -OCH3 is 1. The molecule has 3 rings (SSSR count). The van der Waals surface area contributed by atoms with Gasteiger partial charge in [0.15, 0.2) is 0 Å². The molecule has 1 saturated carbocycles. The van der Waals surface area contributed by atoms with Crippen LogP contribution in [-0.4, -0.2) is 31.8 Å². The van der Waals surface area contributed by atoms with Gasteiger partial charge in [0.25, 0.3) is 0 Å². The zero-order chi connectivity index (χ0) is 20.3. The monoisotopic (exact) mass is 401 g/mol. The lowest BCUT2D eigenvalue weighted by molar-refractivity contribution is 0.0600. The molecule has 28 heavy (non-hydrogen) atoms. The average Bonchev–Trinajstić information content (AvgIpc) is 3.50. The molecule has 6 heteroatoms. The van der Waals surface area contributed by atoms with Crippen molar-refractivity contribution in [1.82, 2.24) is 4.31 Å². The SMILES string of the molecule is COC(=O)c1cccc(CS(=O)(=O)N(Cc2ccc(C(C)C)cc2)C2CC2)c1. The van der Waals surface area contributed by atoms with Gasteiger partial charge >= 0.3 is 5.97 Å². The van der Waals surface area contributed by atoms with Crippen LogP contribution in [0.15, 0.2) is 48.5 Å². The second-order valence-electron chi connectivity index (χ2n) is 7.62. The summed E-state index contributed by atoms with van der Waals surface area (Å²) in [5.74, 6) is -0.152. The summed E-state index contributed by atoms with van der Waals surface area (Å²) < 4.78 is 32.6. The Morgan fingerprint density at radius 2 is 1.79 bits per heavy atom. The third-order valence-electron chi connectivity index (χ3n) is 4.99. The summed E-state index contributed by atoms with van der Waals surface area (Å²) in [5.41, 5.74) is 3.17. The van der Waals surface area contributed by atoms with Crippen molar-refractivity contribution < 1.29 is 17.9 Å². The van der Waals surface area contributed by atoms with E-state index >= 15 is 0 Å². The summed E-state index contributed by atoms with van der Waals surface area (Å²) >= 11 is 0. The minimum atomic E-state index is -3.50. The predicted molar refractivity (Wildman–Crippen MR) is 110 cm³/mol. The lowest BCUT2D eigenvalue weighted by Crippen LogP contribution is -2.33. The van der Waals surface area contributed by atoms with Crippen LogP contribution < -0.4 is 0 Å². The highest BCUT2D eigenvalue weighted by atomic mass is 32.2. The van der Waals surface area contributed by atoms with Crippen LogP contribution >= 0.6 is 0 Å².